The minimum atomic E-state index is -0.407. The van der Waals surface area contributed by atoms with Crippen molar-refractivity contribution in [2.45, 2.75) is 54.0 Å². The first-order valence-electron chi connectivity index (χ1n) is 7.90. The number of carbonyl (C=O) groups is 1. The van der Waals surface area contributed by atoms with Gasteiger partial charge in [-0.05, 0) is 20.4 Å². The molecule has 0 spiro atoms. The van der Waals surface area contributed by atoms with Gasteiger partial charge in [-0.3, -0.25) is 4.90 Å². The predicted octanol–water partition coefficient (Wildman–Crippen LogP) is 3.45. The van der Waals surface area contributed by atoms with E-state index in [0.717, 1.165) is 24.5 Å². The molecule has 1 N–H and O–H groups in total. The molecular weight excluding hydrogens is 282 g/mol. The highest BCUT2D eigenvalue weighted by Gasteiger charge is 2.20. The Kier molecular flexibility index (Phi) is 10.3. The van der Waals surface area contributed by atoms with Gasteiger partial charge >= 0.3 is 6.09 Å². The summed E-state index contributed by atoms with van der Waals surface area (Å²) in [5.74, 6) is 1.57. The van der Waals surface area contributed by atoms with Crippen molar-refractivity contribution in [1.29, 1.82) is 0 Å². The number of aryl methyl sites for hydroxylation is 2. The molecule has 1 amide bonds. The molecule has 0 aliphatic rings. The maximum Gasteiger partial charge on any atom is 0.406 e. The number of alkyl carbamates (subject to hydrolysis) is 1. The van der Waals surface area contributed by atoms with Crippen LogP contribution < -0.4 is 5.32 Å². The molecule has 0 radical (unpaired) electrons. The van der Waals surface area contributed by atoms with Gasteiger partial charge in [-0.25, -0.2) is 9.78 Å². The number of likely N-dealkylation sites (N-methyl/N-ethyl adjacent to an activating group) is 1. The highest BCUT2D eigenvalue weighted by molar-refractivity contribution is 5.66. The van der Waals surface area contributed by atoms with Gasteiger partial charge in [0.05, 0.1) is 18.8 Å². The van der Waals surface area contributed by atoms with Gasteiger partial charge in [-0.1, -0.05) is 27.2 Å². The van der Waals surface area contributed by atoms with Crippen LogP contribution in [0.5, 0.6) is 0 Å². The van der Waals surface area contributed by atoms with Gasteiger partial charge in [0.25, 0.3) is 0 Å². The van der Waals surface area contributed by atoms with Crippen LogP contribution in [0, 0.1) is 13.8 Å². The summed E-state index contributed by atoms with van der Waals surface area (Å²) in [6, 6.07) is 0.130. The van der Waals surface area contributed by atoms with Gasteiger partial charge in [0.1, 0.15) is 5.76 Å². The summed E-state index contributed by atoms with van der Waals surface area (Å²) >= 11 is 0. The Bertz CT molecular complexity index is 432. The lowest BCUT2D eigenvalue weighted by Gasteiger charge is -2.26. The molecular formula is C16H31N3O3. The average Bonchev–Trinajstić information content (AvgIpc) is 2.82. The largest absolute Gasteiger partial charge is 0.453 e. The van der Waals surface area contributed by atoms with E-state index in [-0.39, 0.29) is 6.04 Å². The molecule has 22 heavy (non-hydrogen) atoms. The Hall–Kier alpha value is -1.56. The molecule has 1 atom stereocenters. The minimum Gasteiger partial charge on any atom is -0.453 e. The standard InChI is InChI=1S/C13H23N3O3.C3H8/c1-6-16(8-7-14-13(17)18-5)10(3)12-9(2)15-11(4)19-12;1-3-2/h10H,6-8H2,1-5H3,(H,14,17);3H2,1-2H3. The fourth-order valence-electron chi connectivity index (χ4n) is 2.10. The van der Waals surface area contributed by atoms with Crippen molar-refractivity contribution in [2.75, 3.05) is 26.7 Å². The normalized spacial score (nSPS) is 11.6. The zero-order valence-corrected chi connectivity index (χ0v) is 15.0. The van der Waals surface area contributed by atoms with E-state index in [2.05, 4.69) is 47.6 Å². The van der Waals surface area contributed by atoms with Crippen LogP contribution >= 0.6 is 0 Å². The summed E-state index contributed by atoms with van der Waals surface area (Å²) < 4.78 is 10.2. The van der Waals surface area contributed by atoms with Gasteiger partial charge in [0, 0.05) is 20.0 Å². The van der Waals surface area contributed by atoms with Crippen molar-refractivity contribution in [3.05, 3.63) is 17.3 Å². The van der Waals surface area contributed by atoms with E-state index in [4.69, 9.17) is 4.42 Å². The number of carbonyl (C=O) groups excluding carboxylic acids is 1. The molecule has 1 unspecified atom stereocenters. The number of nitrogens with one attached hydrogen (secondary N) is 1. The number of hydrogen-bond donors (Lipinski definition) is 1. The number of oxazole rings is 1. The van der Waals surface area contributed by atoms with Crippen LogP contribution in [0.2, 0.25) is 0 Å². The van der Waals surface area contributed by atoms with E-state index in [1.165, 1.54) is 13.5 Å². The van der Waals surface area contributed by atoms with E-state index in [0.29, 0.717) is 12.4 Å². The molecule has 0 bridgehead atoms. The van der Waals surface area contributed by atoms with Crippen LogP contribution in [-0.4, -0.2) is 42.7 Å². The van der Waals surface area contributed by atoms with Crippen LogP contribution in [0.15, 0.2) is 4.42 Å². The van der Waals surface area contributed by atoms with Crippen molar-refractivity contribution in [3.8, 4) is 0 Å². The fraction of sp³-hybridized carbons (Fsp3) is 0.750. The zero-order valence-electron chi connectivity index (χ0n) is 15.0. The lowest BCUT2D eigenvalue weighted by atomic mass is 10.2. The number of methoxy groups -OCH3 is 1. The molecule has 0 saturated heterocycles. The highest BCUT2D eigenvalue weighted by Crippen LogP contribution is 2.23. The maximum absolute atomic E-state index is 11.0. The molecule has 1 aromatic heterocycles. The number of hydrogen-bond acceptors (Lipinski definition) is 5. The number of amides is 1. The Balaban J connectivity index is 0.00000135. The summed E-state index contributed by atoms with van der Waals surface area (Å²) in [4.78, 5) is 17.5. The summed E-state index contributed by atoms with van der Waals surface area (Å²) in [6.07, 6.45) is 0.843. The lowest BCUT2D eigenvalue weighted by Crippen LogP contribution is -2.36. The summed E-state index contributed by atoms with van der Waals surface area (Å²) in [7, 11) is 1.36. The number of nitrogens with zero attached hydrogens (tertiary/aromatic N) is 2. The average molecular weight is 313 g/mol. The van der Waals surface area contributed by atoms with Gasteiger partial charge in [0.2, 0.25) is 0 Å². The second-order valence-electron chi connectivity index (χ2n) is 5.11. The Morgan fingerprint density at radius 3 is 2.36 bits per heavy atom. The van der Waals surface area contributed by atoms with Gasteiger partial charge in [-0.2, -0.15) is 0 Å². The first-order valence-corrected chi connectivity index (χ1v) is 7.90. The molecule has 6 heteroatoms. The molecule has 0 aliphatic carbocycles. The first kappa shape index (κ1) is 20.4. The topological polar surface area (TPSA) is 67.6 Å². The highest BCUT2D eigenvalue weighted by atomic mass is 16.5. The zero-order chi connectivity index (χ0) is 17.1. The molecule has 0 aliphatic heterocycles. The predicted molar refractivity (Wildman–Crippen MR) is 88.0 cm³/mol. The Labute approximate surface area is 134 Å². The van der Waals surface area contributed by atoms with Crippen molar-refractivity contribution in [1.82, 2.24) is 15.2 Å². The second kappa shape index (κ2) is 11.1. The third-order valence-corrected chi connectivity index (χ3v) is 3.13. The van der Waals surface area contributed by atoms with Crippen LogP contribution in [0.3, 0.4) is 0 Å². The quantitative estimate of drug-likeness (QED) is 0.871. The number of rotatable bonds is 6. The van der Waals surface area contributed by atoms with Gasteiger partial charge in [0.15, 0.2) is 5.89 Å². The van der Waals surface area contributed by atoms with E-state index in [1.807, 2.05) is 13.8 Å². The van der Waals surface area contributed by atoms with Crippen molar-refractivity contribution >= 4 is 6.09 Å². The number of aromatic nitrogens is 1. The van der Waals surface area contributed by atoms with Crippen LogP contribution in [-0.2, 0) is 4.74 Å². The molecule has 0 fully saturated rings. The van der Waals surface area contributed by atoms with Gasteiger partial charge < -0.3 is 14.5 Å². The van der Waals surface area contributed by atoms with Crippen LogP contribution in [0.1, 0.15) is 57.5 Å². The molecule has 0 saturated carbocycles. The lowest BCUT2D eigenvalue weighted by molar-refractivity contribution is 0.163. The summed E-state index contributed by atoms with van der Waals surface area (Å²) in [5.41, 5.74) is 0.921. The third kappa shape index (κ3) is 6.93. The van der Waals surface area contributed by atoms with Crippen LogP contribution in [0.4, 0.5) is 4.79 Å². The Morgan fingerprint density at radius 2 is 1.95 bits per heavy atom. The number of ether oxygens (including phenoxy) is 1. The van der Waals surface area contributed by atoms with Crippen molar-refractivity contribution < 1.29 is 13.9 Å². The van der Waals surface area contributed by atoms with E-state index < -0.39 is 6.09 Å². The maximum atomic E-state index is 11.0. The van der Waals surface area contributed by atoms with Gasteiger partial charge in [-0.15, -0.1) is 0 Å². The molecule has 1 heterocycles. The summed E-state index contributed by atoms with van der Waals surface area (Å²) in [5, 5.41) is 2.67. The smallest absolute Gasteiger partial charge is 0.406 e. The van der Waals surface area contributed by atoms with Crippen LogP contribution in [0.25, 0.3) is 0 Å². The molecule has 128 valence electrons. The minimum absolute atomic E-state index is 0.130. The Morgan fingerprint density at radius 1 is 1.36 bits per heavy atom. The monoisotopic (exact) mass is 313 g/mol. The molecule has 1 rings (SSSR count). The third-order valence-electron chi connectivity index (χ3n) is 3.13. The molecule has 6 nitrogen and oxygen atoms in total. The second-order valence-corrected chi connectivity index (χ2v) is 5.11. The fourth-order valence-corrected chi connectivity index (χ4v) is 2.10. The first-order chi connectivity index (χ1) is 10.4. The van der Waals surface area contributed by atoms with E-state index in [9.17, 15) is 4.79 Å². The molecule has 1 aromatic rings. The van der Waals surface area contributed by atoms with Crippen molar-refractivity contribution in [3.63, 3.8) is 0 Å². The van der Waals surface area contributed by atoms with E-state index in [1.54, 1.807) is 0 Å². The van der Waals surface area contributed by atoms with E-state index >= 15 is 0 Å². The summed E-state index contributed by atoms with van der Waals surface area (Å²) in [6.45, 7) is 14.3. The SMILES string of the molecule is CCC.CCN(CCNC(=O)OC)C(C)c1oc(C)nc1C. The van der Waals surface area contributed by atoms with Crippen molar-refractivity contribution in [2.24, 2.45) is 0 Å². The molecule has 0 aromatic carbocycles.